The van der Waals surface area contributed by atoms with E-state index in [1.807, 2.05) is 0 Å². The van der Waals surface area contributed by atoms with Crippen molar-refractivity contribution in [1.29, 1.82) is 0 Å². The number of unbranched alkanes of at least 4 members (excludes halogenated alkanes) is 20. The summed E-state index contributed by atoms with van der Waals surface area (Å²) in [7, 11) is 0. The number of carbonyl (C=O) groups is 3. The summed E-state index contributed by atoms with van der Waals surface area (Å²) in [4.78, 5) is 37.6. The predicted octanol–water partition coefficient (Wildman–Crippen LogP) is 15.9. The van der Waals surface area contributed by atoms with Gasteiger partial charge in [-0.3, -0.25) is 14.4 Å². The van der Waals surface area contributed by atoms with Gasteiger partial charge in [0.1, 0.15) is 13.2 Å². The number of hydrogen-bond acceptors (Lipinski definition) is 6. The van der Waals surface area contributed by atoms with Crippen molar-refractivity contribution in [2.75, 3.05) is 13.2 Å². The van der Waals surface area contributed by atoms with Crippen molar-refractivity contribution in [2.45, 2.75) is 232 Å². The number of carbonyl (C=O) groups excluding carboxylic acids is 3. The molecule has 0 amide bonds. The fourth-order valence-corrected chi connectivity index (χ4v) is 6.52. The van der Waals surface area contributed by atoms with Gasteiger partial charge < -0.3 is 14.2 Å². The van der Waals surface area contributed by atoms with Crippen LogP contribution in [-0.4, -0.2) is 37.2 Å². The van der Waals surface area contributed by atoms with Gasteiger partial charge in [-0.25, -0.2) is 0 Å². The highest BCUT2D eigenvalue weighted by Gasteiger charge is 2.19. The zero-order valence-electron chi connectivity index (χ0n) is 38.5. The van der Waals surface area contributed by atoms with Crippen molar-refractivity contribution in [3.8, 4) is 0 Å². The summed E-state index contributed by atoms with van der Waals surface area (Å²) in [6.45, 7) is 6.39. The Bertz CT molecular complexity index is 1130. The van der Waals surface area contributed by atoms with E-state index in [9.17, 15) is 14.4 Å². The quantitative estimate of drug-likeness (QED) is 0.0264. The first-order valence-corrected chi connectivity index (χ1v) is 24.4. The molecule has 1 atom stereocenters. The fourth-order valence-electron chi connectivity index (χ4n) is 6.52. The van der Waals surface area contributed by atoms with Gasteiger partial charge in [0.05, 0.1) is 0 Å². The van der Waals surface area contributed by atoms with Gasteiger partial charge >= 0.3 is 17.9 Å². The van der Waals surface area contributed by atoms with Crippen molar-refractivity contribution in [1.82, 2.24) is 0 Å². The molecule has 0 fully saturated rings. The molecule has 59 heavy (non-hydrogen) atoms. The van der Waals surface area contributed by atoms with E-state index in [1.54, 1.807) is 0 Å². The Morgan fingerprint density at radius 3 is 1.07 bits per heavy atom. The molecule has 0 aromatic carbocycles. The molecule has 0 aromatic heterocycles. The highest BCUT2D eigenvalue weighted by atomic mass is 16.6. The first kappa shape index (κ1) is 55.9. The Morgan fingerprint density at radius 1 is 0.356 bits per heavy atom. The monoisotopic (exact) mass is 823 g/mol. The van der Waals surface area contributed by atoms with E-state index in [4.69, 9.17) is 14.2 Å². The molecular weight excluding hydrogens is 733 g/mol. The van der Waals surface area contributed by atoms with E-state index < -0.39 is 6.10 Å². The zero-order valence-corrected chi connectivity index (χ0v) is 38.5. The lowest BCUT2D eigenvalue weighted by Crippen LogP contribution is -2.30. The summed E-state index contributed by atoms with van der Waals surface area (Å²) in [6, 6.07) is 0. The van der Waals surface area contributed by atoms with Gasteiger partial charge in [0.25, 0.3) is 0 Å². The molecule has 0 aliphatic heterocycles. The van der Waals surface area contributed by atoms with Gasteiger partial charge in [-0.05, 0) is 89.9 Å². The number of allylic oxidation sites excluding steroid dienone is 12. The van der Waals surface area contributed by atoms with E-state index in [0.717, 1.165) is 109 Å². The topological polar surface area (TPSA) is 78.9 Å². The van der Waals surface area contributed by atoms with E-state index in [-0.39, 0.29) is 31.1 Å². The smallest absolute Gasteiger partial charge is 0.306 e. The summed E-state index contributed by atoms with van der Waals surface area (Å²) >= 11 is 0. The molecule has 1 unspecified atom stereocenters. The van der Waals surface area contributed by atoms with Crippen LogP contribution in [0.2, 0.25) is 0 Å². The zero-order chi connectivity index (χ0) is 43.0. The summed E-state index contributed by atoms with van der Waals surface area (Å²) in [5.74, 6) is -0.924. The first-order chi connectivity index (χ1) is 29.0. The minimum atomic E-state index is -0.782. The van der Waals surface area contributed by atoms with Crippen LogP contribution < -0.4 is 0 Å². The lowest BCUT2D eigenvalue weighted by Gasteiger charge is -2.18. The molecule has 0 aliphatic carbocycles. The highest BCUT2D eigenvalue weighted by Crippen LogP contribution is 2.13. The normalized spacial score (nSPS) is 12.7. The molecule has 0 saturated carbocycles. The van der Waals surface area contributed by atoms with E-state index >= 15 is 0 Å². The van der Waals surface area contributed by atoms with Crippen molar-refractivity contribution < 1.29 is 28.6 Å². The molecule has 6 nitrogen and oxygen atoms in total. The van der Waals surface area contributed by atoms with Crippen LogP contribution in [0.15, 0.2) is 72.9 Å². The van der Waals surface area contributed by atoms with Crippen LogP contribution in [0.1, 0.15) is 226 Å². The standard InChI is InChI=1S/C53H90O6/c1-4-7-10-13-15-17-19-21-23-25-26-28-29-31-33-35-37-40-43-46-52(55)58-49-50(48-57-51(54)45-42-39-12-9-6-3)59-53(56)47-44-41-38-36-34-32-30-27-24-22-20-18-16-14-11-8-5-2/h8,11,15-18,21-24,26,28,50H,4-7,9-10,12-14,19-20,25,27,29-49H2,1-3H3/b11-8-,17-15-,18-16-,23-21-,24-22-,28-26-. The summed E-state index contributed by atoms with van der Waals surface area (Å²) < 4.78 is 16.6. The molecular formula is C53H90O6. The Hall–Kier alpha value is -3.15. The number of ether oxygens (including phenoxy) is 3. The highest BCUT2D eigenvalue weighted by molar-refractivity contribution is 5.71. The van der Waals surface area contributed by atoms with Gasteiger partial charge in [-0.1, -0.05) is 190 Å². The Morgan fingerprint density at radius 2 is 0.661 bits per heavy atom. The SMILES string of the molecule is CC/C=C\C/C=C\C/C=C\CCCCCCCCCC(=O)OC(COC(=O)CCCCCCC)COC(=O)CCCCCCCC/C=C\C/C=C\C/C=C\CCCCC. The van der Waals surface area contributed by atoms with Crippen LogP contribution in [0.5, 0.6) is 0 Å². The summed E-state index contributed by atoms with van der Waals surface area (Å²) in [5.41, 5.74) is 0. The summed E-state index contributed by atoms with van der Waals surface area (Å²) in [5, 5.41) is 0. The van der Waals surface area contributed by atoms with Crippen LogP contribution in [0.3, 0.4) is 0 Å². The molecule has 338 valence electrons. The van der Waals surface area contributed by atoms with Crippen LogP contribution in [-0.2, 0) is 28.6 Å². The van der Waals surface area contributed by atoms with Gasteiger partial charge in [-0.2, -0.15) is 0 Å². The molecule has 0 rings (SSSR count). The van der Waals surface area contributed by atoms with Crippen molar-refractivity contribution >= 4 is 17.9 Å². The third-order valence-corrected chi connectivity index (χ3v) is 10.2. The Kier molecular flexibility index (Phi) is 45.0. The number of esters is 3. The molecule has 0 N–H and O–H groups in total. The fraction of sp³-hybridized carbons (Fsp3) is 0.717. The van der Waals surface area contributed by atoms with Gasteiger partial charge in [-0.15, -0.1) is 0 Å². The third kappa shape index (κ3) is 45.8. The second-order valence-electron chi connectivity index (χ2n) is 16.0. The van der Waals surface area contributed by atoms with Crippen LogP contribution >= 0.6 is 0 Å². The maximum Gasteiger partial charge on any atom is 0.306 e. The van der Waals surface area contributed by atoms with Gasteiger partial charge in [0.15, 0.2) is 6.10 Å². The molecule has 0 radical (unpaired) electrons. The van der Waals surface area contributed by atoms with E-state index in [1.165, 1.54) is 77.0 Å². The van der Waals surface area contributed by atoms with Crippen molar-refractivity contribution in [3.05, 3.63) is 72.9 Å². The van der Waals surface area contributed by atoms with Crippen LogP contribution in [0.4, 0.5) is 0 Å². The van der Waals surface area contributed by atoms with Gasteiger partial charge in [0, 0.05) is 19.3 Å². The maximum atomic E-state index is 12.7. The molecule has 0 aromatic rings. The average molecular weight is 823 g/mol. The van der Waals surface area contributed by atoms with Gasteiger partial charge in [0.2, 0.25) is 0 Å². The molecule has 0 aliphatic rings. The Labute approximate surface area is 363 Å². The molecule has 6 heteroatoms. The van der Waals surface area contributed by atoms with Crippen LogP contribution in [0, 0.1) is 0 Å². The second kappa shape index (κ2) is 47.5. The Balaban J connectivity index is 4.23. The summed E-state index contributed by atoms with van der Waals surface area (Å²) in [6.07, 6.45) is 59.1. The van der Waals surface area contributed by atoms with Crippen molar-refractivity contribution in [2.24, 2.45) is 0 Å². The second-order valence-corrected chi connectivity index (χ2v) is 16.0. The van der Waals surface area contributed by atoms with E-state index in [2.05, 4.69) is 93.7 Å². The average Bonchev–Trinajstić information content (AvgIpc) is 3.23. The molecule has 0 heterocycles. The minimum Gasteiger partial charge on any atom is -0.462 e. The lowest BCUT2D eigenvalue weighted by molar-refractivity contribution is -0.167. The lowest BCUT2D eigenvalue weighted by atomic mass is 10.1. The molecule has 0 bridgehead atoms. The third-order valence-electron chi connectivity index (χ3n) is 10.2. The number of rotatable bonds is 43. The number of hydrogen-bond donors (Lipinski definition) is 0. The predicted molar refractivity (Wildman–Crippen MR) is 251 cm³/mol. The molecule has 0 spiro atoms. The van der Waals surface area contributed by atoms with Crippen LogP contribution in [0.25, 0.3) is 0 Å². The first-order valence-electron chi connectivity index (χ1n) is 24.4. The molecule has 0 saturated heterocycles. The van der Waals surface area contributed by atoms with E-state index in [0.29, 0.717) is 19.3 Å². The largest absolute Gasteiger partial charge is 0.462 e. The maximum absolute atomic E-state index is 12.7. The minimum absolute atomic E-state index is 0.0852. The van der Waals surface area contributed by atoms with Crippen molar-refractivity contribution in [3.63, 3.8) is 0 Å².